The molecule has 13 heavy (non-hydrogen) atoms. The predicted octanol–water partition coefficient (Wildman–Crippen LogP) is 0.850. The fourth-order valence-corrected chi connectivity index (χ4v) is 1.34. The molecule has 0 radical (unpaired) electrons. The Kier molecular flexibility index (Phi) is 7.23. The quantitative estimate of drug-likeness (QED) is 0.624. The molecule has 0 aliphatic heterocycles. The molecule has 80 valence electrons. The van der Waals surface area contributed by atoms with Crippen molar-refractivity contribution in [2.45, 2.75) is 45.8 Å². The minimum atomic E-state index is -0.629. The Labute approximate surface area is 81.4 Å². The lowest BCUT2D eigenvalue weighted by Crippen LogP contribution is -2.38. The van der Waals surface area contributed by atoms with Crippen molar-refractivity contribution in [3.8, 4) is 0 Å². The van der Waals surface area contributed by atoms with E-state index in [2.05, 4.69) is 18.7 Å². The normalized spacial score (nSPS) is 16.2. The van der Waals surface area contributed by atoms with E-state index in [1.165, 1.54) is 0 Å². The number of hydrogen-bond acceptors (Lipinski definition) is 3. The first-order valence-corrected chi connectivity index (χ1v) is 5.20. The summed E-state index contributed by atoms with van der Waals surface area (Å²) in [7, 11) is 0. The molecule has 0 saturated heterocycles. The predicted molar refractivity (Wildman–Crippen MR) is 54.7 cm³/mol. The molecule has 2 N–H and O–H groups in total. The van der Waals surface area contributed by atoms with E-state index in [1.54, 1.807) is 6.92 Å². The topological polar surface area (TPSA) is 43.7 Å². The van der Waals surface area contributed by atoms with Gasteiger partial charge in [0.25, 0.3) is 0 Å². The van der Waals surface area contributed by atoms with Crippen LogP contribution in [0.2, 0.25) is 0 Å². The molecule has 0 fully saturated rings. The monoisotopic (exact) mass is 189 g/mol. The Morgan fingerprint density at radius 1 is 1.08 bits per heavy atom. The molecule has 0 aromatic rings. The van der Waals surface area contributed by atoms with Gasteiger partial charge in [-0.1, -0.05) is 13.8 Å². The van der Waals surface area contributed by atoms with Crippen LogP contribution in [0.25, 0.3) is 0 Å². The third-order valence-electron chi connectivity index (χ3n) is 2.08. The van der Waals surface area contributed by atoms with Crippen molar-refractivity contribution in [3.05, 3.63) is 0 Å². The summed E-state index contributed by atoms with van der Waals surface area (Å²) in [5.41, 5.74) is 0. The van der Waals surface area contributed by atoms with Crippen LogP contribution >= 0.6 is 0 Å². The Morgan fingerprint density at radius 2 is 1.54 bits per heavy atom. The van der Waals surface area contributed by atoms with Crippen LogP contribution in [-0.4, -0.2) is 47.0 Å². The maximum Gasteiger partial charge on any atom is 0.0922 e. The van der Waals surface area contributed by atoms with Crippen molar-refractivity contribution in [3.63, 3.8) is 0 Å². The van der Waals surface area contributed by atoms with Crippen molar-refractivity contribution in [2.24, 2.45) is 0 Å². The molecule has 0 aliphatic rings. The second-order valence-electron chi connectivity index (χ2n) is 3.61. The van der Waals surface area contributed by atoms with Crippen LogP contribution in [0.15, 0.2) is 0 Å². The summed E-state index contributed by atoms with van der Waals surface area (Å²) in [6.45, 7) is 8.45. The third kappa shape index (κ3) is 6.02. The average Bonchev–Trinajstić information content (AvgIpc) is 2.05. The van der Waals surface area contributed by atoms with Crippen molar-refractivity contribution in [2.75, 3.05) is 19.6 Å². The lowest BCUT2D eigenvalue weighted by Gasteiger charge is -2.25. The Morgan fingerprint density at radius 3 is 1.85 bits per heavy atom. The van der Waals surface area contributed by atoms with Crippen LogP contribution in [-0.2, 0) is 0 Å². The molecule has 0 saturated carbocycles. The standard InChI is InChI=1S/C10H23NO2/c1-4-6-11(7-5-2)8-10(13)9(3)12/h9-10,12-13H,4-8H2,1-3H3. The van der Waals surface area contributed by atoms with Gasteiger partial charge in [-0.2, -0.15) is 0 Å². The minimum absolute atomic E-state index is 0.583. The van der Waals surface area contributed by atoms with Crippen molar-refractivity contribution in [1.29, 1.82) is 0 Å². The Hall–Kier alpha value is -0.120. The summed E-state index contributed by atoms with van der Waals surface area (Å²) in [4.78, 5) is 2.19. The van der Waals surface area contributed by atoms with Gasteiger partial charge in [0.15, 0.2) is 0 Å². The molecule has 3 heteroatoms. The number of aliphatic hydroxyl groups excluding tert-OH is 2. The molecule has 0 heterocycles. The highest BCUT2D eigenvalue weighted by Gasteiger charge is 2.14. The zero-order valence-electron chi connectivity index (χ0n) is 9.03. The van der Waals surface area contributed by atoms with Crippen LogP contribution in [0.3, 0.4) is 0 Å². The molecule has 0 aromatic heterocycles. The zero-order valence-corrected chi connectivity index (χ0v) is 9.03. The fourth-order valence-electron chi connectivity index (χ4n) is 1.34. The van der Waals surface area contributed by atoms with E-state index in [-0.39, 0.29) is 0 Å². The Balaban J connectivity index is 3.78. The average molecular weight is 189 g/mol. The minimum Gasteiger partial charge on any atom is -0.391 e. The second kappa shape index (κ2) is 7.30. The molecule has 0 amide bonds. The molecule has 0 bridgehead atoms. The van der Waals surface area contributed by atoms with Crippen LogP contribution in [0.4, 0.5) is 0 Å². The molecule has 0 spiro atoms. The highest BCUT2D eigenvalue weighted by atomic mass is 16.3. The van der Waals surface area contributed by atoms with E-state index in [9.17, 15) is 5.11 Å². The Bertz CT molecular complexity index is 111. The smallest absolute Gasteiger partial charge is 0.0922 e. The summed E-state index contributed by atoms with van der Waals surface area (Å²) in [6, 6.07) is 0. The van der Waals surface area contributed by atoms with Gasteiger partial charge in [0, 0.05) is 6.54 Å². The molecule has 0 aromatic carbocycles. The summed E-state index contributed by atoms with van der Waals surface area (Å²) in [5.74, 6) is 0. The molecule has 0 aliphatic carbocycles. The van der Waals surface area contributed by atoms with Gasteiger partial charge in [-0.15, -0.1) is 0 Å². The molecule has 2 unspecified atom stereocenters. The van der Waals surface area contributed by atoms with E-state index >= 15 is 0 Å². The highest BCUT2D eigenvalue weighted by Crippen LogP contribution is 2.00. The zero-order chi connectivity index (χ0) is 10.3. The summed E-state index contributed by atoms with van der Waals surface area (Å²) < 4.78 is 0. The summed E-state index contributed by atoms with van der Waals surface area (Å²) >= 11 is 0. The van der Waals surface area contributed by atoms with Gasteiger partial charge >= 0.3 is 0 Å². The second-order valence-corrected chi connectivity index (χ2v) is 3.61. The maximum absolute atomic E-state index is 9.46. The first kappa shape index (κ1) is 12.9. The van der Waals surface area contributed by atoms with Gasteiger partial charge in [0.1, 0.15) is 0 Å². The van der Waals surface area contributed by atoms with Gasteiger partial charge in [-0.05, 0) is 32.9 Å². The largest absolute Gasteiger partial charge is 0.391 e. The van der Waals surface area contributed by atoms with Gasteiger partial charge in [-0.3, -0.25) is 0 Å². The highest BCUT2D eigenvalue weighted by molar-refractivity contribution is 4.68. The lowest BCUT2D eigenvalue weighted by atomic mass is 10.2. The molecule has 3 nitrogen and oxygen atoms in total. The summed E-state index contributed by atoms with van der Waals surface area (Å²) in [6.07, 6.45) is 0.938. The van der Waals surface area contributed by atoms with Gasteiger partial charge < -0.3 is 15.1 Å². The van der Waals surface area contributed by atoms with E-state index in [4.69, 9.17) is 5.11 Å². The first-order valence-electron chi connectivity index (χ1n) is 5.20. The lowest BCUT2D eigenvalue weighted by molar-refractivity contribution is 0.00764. The van der Waals surface area contributed by atoms with Gasteiger partial charge in [0.2, 0.25) is 0 Å². The van der Waals surface area contributed by atoms with E-state index in [1.807, 2.05) is 0 Å². The molecule has 2 atom stereocenters. The number of rotatable bonds is 7. The number of nitrogens with zero attached hydrogens (tertiary/aromatic N) is 1. The first-order chi connectivity index (χ1) is 6.11. The molecule has 0 rings (SSSR count). The van der Waals surface area contributed by atoms with Crippen LogP contribution < -0.4 is 0 Å². The van der Waals surface area contributed by atoms with Gasteiger partial charge in [-0.25, -0.2) is 0 Å². The SMILES string of the molecule is CCCN(CCC)CC(O)C(C)O. The fraction of sp³-hybridized carbons (Fsp3) is 1.00. The van der Waals surface area contributed by atoms with Crippen LogP contribution in [0, 0.1) is 0 Å². The number of hydrogen-bond donors (Lipinski definition) is 2. The van der Waals surface area contributed by atoms with Gasteiger partial charge in [0.05, 0.1) is 12.2 Å². The van der Waals surface area contributed by atoms with E-state index < -0.39 is 12.2 Å². The number of aliphatic hydroxyl groups is 2. The maximum atomic E-state index is 9.46. The molecular weight excluding hydrogens is 166 g/mol. The van der Waals surface area contributed by atoms with Crippen LogP contribution in [0.5, 0.6) is 0 Å². The van der Waals surface area contributed by atoms with Crippen molar-refractivity contribution < 1.29 is 10.2 Å². The summed E-state index contributed by atoms with van der Waals surface area (Å²) in [5, 5.41) is 18.6. The van der Waals surface area contributed by atoms with E-state index in [0.29, 0.717) is 6.54 Å². The van der Waals surface area contributed by atoms with Crippen molar-refractivity contribution >= 4 is 0 Å². The third-order valence-corrected chi connectivity index (χ3v) is 2.08. The van der Waals surface area contributed by atoms with Crippen molar-refractivity contribution in [1.82, 2.24) is 4.90 Å². The van der Waals surface area contributed by atoms with E-state index in [0.717, 1.165) is 25.9 Å². The van der Waals surface area contributed by atoms with Crippen LogP contribution in [0.1, 0.15) is 33.6 Å². The molecular formula is C10H23NO2.